The van der Waals surface area contributed by atoms with Crippen LogP contribution in [-0.2, 0) is 19.1 Å². The van der Waals surface area contributed by atoms with Crippen LogP contribution < -0.4 is 11.1 Å². The molecule has 3 N–H and O–H groups in total. The van der Waals surface area contributed by atoms with E-state index in [0.29, 0.717) is 24.3 Å². The number of nitrogens with zero attached hydrogens (tertiary/aromatic N) is 4. The van der Waals surface area contributed by atoms with E-state index in [2.05, 4.69) is 52.9 Å². The Morgan fingerprint density at radius 2 is 2.05 bits per heavy atom. The predicted molar refractivity (Wildman–Crippen MR) is 136 cm³/mol. The Morgan fingerprint density at radius 1 is 1.45 bits per heavy atom. The Bertz CT molecular complexity index is 1150. The van der Waals surface area contributed by atoms with E-state index in [1.165, 1.54) is 0 Å². The molecule has 38 heavy (non-hydrogen) atoms. The number of alkyl halides is 3. The lowest BCUT2D eigenvalue weighted by Crippen LogP contribution is -2.32. The van der Waals surface area contributed by atoms with Crippen LogP contribution in [-0.4, -0.2) is 65.2 Å². The van der Waals surface area contributed by atoms with Gasteiger partial charge in [-0.15, -0.1) is 0 Å². The number of pyridine rings is 1. The van der Waals surface area contributed by atoms with Crippen LogP contribution in [0, 0.1) is 22.7 Å². The number of carbonyl (C=O) groups is 3. The summed E-state index contributed by atoms with van der Waals surface area (Å²) < 4.78 is 39.7. The summed E-state index contributed by atoms with van der Waals surface area (Å²) in [5.41, 5.74) is 5.51. The number of nitriles is 1. The standard InChI is InChI=1S/C12H23NO2.C10H7BrN4O.C2H2F3NO/c1-9-7-13(8-12(9,3)4)11(14)6-10(2)15-5;11-8-2-1-3-15-10(8)7(5-14-15)9(4-12)13-6-16;3-2(4,5)1(6)7/h9-10H,6-8H2,1-5H3;1-3,5-6,9H,(H,13,16);(H2,6,7)/t9?,10-;;/m1../s1. The molecule has 0 radical (unpaired) electrons. The molecule has 3 rings (SSSR count). The number of hydrogen-bond acceptors (Lipinski definition) is 6. The number of hydrogen-bond donors (Lipinski definition) is 2. The molecule has 1 fully saturated rings. The molecule has 0 aliphatic carbocycles. The minimum atomic E-state index is -4.86. The number of aromatic nitrogens is 2. The highest BCUT2D eigenvalue weighted by molar-refractivity contribution is 9.10. The summed E-state index contributed by atoms with van der Waals surface area (Å²) in [7, 11) is 1.65. The second-order valence-electron chi connectivity index (χ2n) is 9.37. The summed E-state index contributed by atoms with van der Waals surface area (Å²) in [5, 5.41) is 15.5. The highest BCUT2D eigenvalue weighted by Crippen LogP contribution is 2.35. The van der Waals surface area contributed by atoms with Gasteiger partial charge in [-0.1, -0.05) is 20.8 Å². The molecule has 3 atom stereocenters. The molecular weight excluding hydrogens is 573 g/mol. The smallest absolute Gasteiger partial charge is 0.381 e. The maximum Gasteiger partial charge on any atom is 0.470 e. The fourth-order valence-electron chi connectivity index (χ4n) is 3.44. The van der Waals surface area contributed by atoms with E-state index in [0.717, 1.165) is 23.1 Å². The summed E-state index contributed by atoms with van der Waals surface area (Å²) in [6.45, 7) is 10.4. The second-order valence-corrected chi connectivity index (χ2v) is 10.2. The van der Waals surface area contributed by atoms with Gasteiger partial charge < -0.3 is 20.7 Å². The number of primary amides is 1. The normalized spacial score (nSPS) is 17.7. The summed E-state index contributed by atoms with van der Waals surface area (Å²) in [5.74, 6) is -1.45. The maximum absolute atomic E-state index is 11.9. The third-order valence-corrected chi connectivity index (χ3v) is 6.76. The first-order valence-corrected chi connectivity index (χ1v) is 12.3. The van der Waals surface area contributed by atoms with Crippen molar-refractivity contribution in [3.63, 3.8) is 0 Å². The van der Waals surface area contributed by atoms with Crippen molar-refractivity contribution in [1.29, 1.82) is 5.26 Å². The van der Waals surface area contributed by atoms with Gasteiger partial charge in [0.1, 0.15) is 6.04 Å². The van der Waals surface area contributed by atoms with Crippen molar-refractivity contribution in [1.82, 2.24) is 19.8 Å². The molecule has 2 aromatic heterocycles. The van der Waals surface area contributed by atoms with Gasteiger partial charge in [0.25, 0.3) is 0 Å². The first-order valence-electron chi connectivity index (χ1n) is 11.5. The van der Waals surface area contributed by atoms with Gasteiger partial charge in [-0.25, -0.2) is 4.52 Å². The first kappa shape index (κ1) is 32.8. The van der Waals surface area contributed by atoms with Crippen molar-refractivity contribution in [2.24, 2.45) is 17.1 Å². The fraction of sp³-hybridized carbons (Fsp3) is 0.542. The molecule has 3 amide bonds. The number of fused-ring (bicyclic) bond motifs is 1. The highest BCUT2D eigenvalue weighted by Gasteiger charge is 2.38. The average Bonchev–Trinajstić information content (AvgIpc) is 3.38. The van der Waals surface area contributed by atoms with Crippen LogP contribution in [0.3, 0.4) is 0 Å². The van der Waals surface area contributed by atoms with Gasteiger partial charge in [0.15, 0.2) is 0 Å². The lowest BCUT2D eigenvalue weighted by atomic mass is 9.84. The largest absolute Gasteiger partial charge is 0.470 e. The van der Waals surface area contributed by atoms with E-state index in [9.17, 15) is 22.8 Å². The van der Waals surface area contributed by atoms with Crippen molar-refractivity contribution in [2.75, 3.05) is 20.2 Å². The Labute approximate surface area is 227 Å². The van der Waals surface area contributed by atoms with Gasteiger partial charge in [-0.3, -0.25) is 14.4 Å². The van der Waals surface area contributed by atoms with E-state index >= 15 is 0 Å². The number of ether oxygens (including phenoxy) is 1. The molecule has 2 aromatic rings. The van der Waals surface area contributed by atoms with Crippen molar-refractivity contribution in [3.8, 4) is 6.07 Å². The van der Waals surface area contributed by atoms with Gasteiger partial charge in [0, 0.05) is 36.4 Å². The molecule has 10 nitrogen and oxygen atoms in total. The van der Waals surface area contributed by atoms with E-state index in [4.69, 9.17) is 14.8 Å². The van der Waals surface area contributed by atoms with Gasteiger partial charge >= 0.3 is 12.1 Å². The molecule has 210 valence electrons. The summed E-state index contributed by atoms with van der Waals surface area (Å²) in [6, 6.07) is 5.01. The summed E-state index contributed by atoms with van der Waals surface area (Å²) in [6.07, 6.45) is -0.478. The van der Waals surface area contributed by atoms with Crippen LogP contribution in [0.25, 0.3) is 5.52 Å². The third-order valence-electron chi connectivity index (χ3n) is 6.12. The lowest BCUT2D eigenvalue weighted by molar-refractivity contribution is -0.169. The van der Waals surface area contributed by atoms with Gasteiger partial charge in [-0.2, -0.15) is 23.5 Å². The number of methoxy groups -OCH3 is 1. The van der Waals surface area contributed by atoms with E-state index < -0.39 is 18.1 Å². The Kier molecular flexibility index (Phi) is 12.2. The zero-order valence-electron chi connectivity index (χ0n) is 21.8. The Morgan fingerprint density at radius 3 is 2.50 bits per heavy atom. The minimum Gasteiger partial charge on any atom is -0.381 e. The topological polar surface area (TPSA) is 143 Å². The van der Waals surface area contributed by atoms with Gasteiger partial charge in [-0.05, 0) is 46.3 Å². The van der Waals surface area contributed by atoms with Crippen molar-refractivity contribution < 1.29 is 32.3 Å². The number of nitrogens with two attached hydrogens (primary N) is 1. The molecule has 14 heteroatoms. The van der Waals surface area contributed by atoms with E-state index in [1.807, 2.05) is 30.0 Å². The molecule has 0 bridgehead atoms. The number of likely N-dealkylation sites (tertiary alicyclic amines) is 1. The monoisotopic (exact) mass is 604 g/mol. The number of amides is 3. The number of halogens is 4. The molecule has 0 spiro atoms. The second kappa shape index (κ2) is 14.1. The third kappa shape index (κ3) is 9.29. The molecule has 0 saturated carbocycles. The predicted octanol–water partition coefficient (Wildman–Crippen LogP) is 3.36. The molecule has 3 heterocycles. The number of rotatable bonds is 6. The minimum absolute atomic E-state index is 0.0246. The van der Waals surface area contributed by atoms with Crippen LogP contribution in [0.15, 0.2) is 29.0 Å². The quantitative estimate of drug-likeness (QED) is 0.484. The SMILES string of the molecule is CO[C@H](C)CC(=O)N1CC(C)C(C)(C)C1.N#CC(NC=O)c1cnn2cccc(Br)c12.NC(=O)C(F)(F)F. The first-order chi connectivity index (χ1) is 17.6. The van der Waals surface area contributed by atoms with Crippen LogP contribution in [0.1, 0.15) is 45.7 Å². The zero-order valence-corrected chi connectivity index (χ0v) is 23.3. The highest BCUT2D eigenvalue weighted by atomic mass is 79.9. The fourth-order valence-corrected chi connectivity index (χ4v) is 4.00. The van der Waals surface area contributed by atoms with Crippen molar-refractivity contribution in [3.05, 3.63) is 34.6 Å². The van der Waals surface area contributed by atoms with Crippen molar-refractivity contribution in [2.45, 2.75) is 52.4 Å². The van der Waals surface area contributed by atoms with E-state index in [1.54, 1.807) is 24.0 Å². The maximum atomic E-state index is 11.9. The molecular formula is C24H32BrF3N6O4. The van der Waals surface area contributed by atoms with Crippen LogP contribution in [0.2, 0.25) is 0 Å². The summed E-state index contributed by atoms with van der Waals surface area (Å²) in [4.78, 5) is 33.4. The van der Waals surface area contributed by atoms with Crippen LogP contribution in [0.4, 0.5) is 13.2 Å². The lowest BCUT2D eigenvalue weighted by Gasteiger charge is -2.22. The van der Waals surface area contributed by atoms with Gasteiger partial charge in [0.05, 0.1) is 30.3 Å². The zero-order chi connectivity index (χ0) is 29.3. The molecule has 1 saturated heterocycles. The molecule has 1 aliphatic heterocycles. The average molecular weight is 605 g/mol. The Hall–Kier alpha value is -3.18. The Balaban J connectivity index is 0.000000308. The van der Waals surface area contributed by atoms with Crippen LogP contribution in [0.5, 0.6) is 0 Å². The molecule has 2 unspecified atom stereocenters. The van der Waals surface area contributed by atoms with Gasteiger partial charge in [0.2, 0.25) is 12.3 Å². The summed E-state index contributed by atoms with van der Waals surface area (Å²) >= 11 is 3.39. The van der Waals surface area contributed by atoms with E-state index in [-0.39, 0.29) is 17.4 Å². The molecule has 1 aliphatic rings. The van der Waals surface area contributed by atoms with Crippen LogP contribution >= 0.6 is 15.9 Å². The number of carbonyl (C=O) groups excluding carboxylic acids is 3. The van der Waals surface area contributed by atoms with Crippen molar-refractivity contribution >= 4 is 39.7 Å². The number of nitrogens with one attached hydrogen (secondary N) is 1. The molecule has 0 aromatic carbocycles.